The van der Waals surface area contributed by atoms with Crippen LogP contribution >= 0.6 is 7.26 Å². The van der Waals surface area contributed by atoms with Crippen LogP contribution in [0.15, 0.2) is 114 Å². The van der Waals surface area contributed by atoms with Crippen LogP contribution in [-0.2, 0) is 10.1 Å². The predicted octanol–water partition coefficient (Wildman–Crippen LogP) is 4.22. The molecule has 4 aromatic carbocycles. The van der Waals surface area contributed by atoms with E-state index in [0.717, 1.165) is 12.1 Å². The summed E-state index contributed by atoms with van der Waals surface area (Å²) in [5.74, 6) is -0.188. The lowest BCUT2D eigenvalue weighted by Gasteiger charge is -2.22. The molecule has 6 heteroatoms. The van der Waals surface area contributed by atoms with Crippen molar-refractivity contribution in [2.45, 2.75) is 11.8 Å². The second kappa shape index (κ2) is 10.1. The average Bonchev–Trinajstić information content (AvgIpc) is 2.82. The summed E-state index contributed by atoms with van der Waals surface area (Å²) in [5.41, 5.74) is 0.530. The molecule has 0 unspecified atom stereocenters. The molecule has 0 aliphatic heterocycles. The first-order valence-electron chi connectivity index (χ1n) is 10.0. The Morgan fingerprint density at radius 3 is 1.38 bits per heavy atom. The second-order valence-corrected chi connectivity index (χ2v) is 12.4. The van der Waals surface area contributed by atoms with Crippen LogP contribution in [0.5, 0.6) is 5.75 Å². The molecule has 4 aromatic rings. The molecular formula is C26H25O4PS. The van der Waals surface area contributed by atoms with Crippen molar-refractivity contribution in [3.05, 3.63) is 115 Å². The van der Waals surface area contributed by atoms with Crippen LogP contribution in [0.1, 0.15) is 5.56 Å². The molecule has 0 radical (unpaired) electrons. The Bertz CT molecular complexity index is 1160. The minimum Gasteiger partial charge on any atom is -0.744 e. The van der Waals surface area contributed by atoms with Gasteiger partial charge in [-0.15, -0.1) is 0 Å². The highest BCUT2D eigenvalue weighted by molar-refractivity contribution is 7.95. The Hall–Kier alpha value is -2.98. The summed E-state index contributed by atoms with van der Waals surface area (Å²) in [6.07, 6.45) is 0. The number of phenolic OH excluding ortho intramolecular Hbond substituents is 1. The smallest absolute Gasteiger partial charge is 0.124 e. The second-order valence-electron chi connectivity index (χ2n) is 7.42. The molecule has 0 saturated heterocycles. The van der Waals surface area contributed by atoms with Crippen LogP contribution in [0.2, 0.25) is 0 Å². The lowest BCUT2D eigenvalue weighted by molar-refractivity contribution is 0.454. The SMILES string of the molecule is C[P+](c1ccccc1)(c1ccccc1)c1ccccc1.Cc1ccc(S(=O)(=O)[O-])cc1O. The van der Waals surface area contributed by atoms with Crippen molar-refractivity contribution in [2.75, 3.05) is 6.66 Å². The van der Waals surface area contributed by atoms with Gasteiger partial charge in [-0.05, 0) is 61.0 Å². The molecule has 0 aliphatic carbocycles. The zero-order valence-corrected chi connectivity index (χ0v) is 19.6. The number of rotatable bonds is 4. The maximum Gasteiger partial charge on any atom is 0.124 e. The molecule has 0 aliphatic rings. The van der Waals surface area contributed by atoms with Gasteiger partial charge in [-0.1, -0.05) is 60.7 Å². The summed E-state index contributed by atoms with van der Waals surface area (Å²) in [6, 6.07) is 36.1. The minimum absolute atomic E-state index is 0.188. The van der Waals surface area contributed by atoms with Crippen molar-refractivity contribution in [1.82, 2.24) is 0 Å². The summed E-state index contributed by atoms with van der Waals surface area (Å²) >= 11 is 0. The molecule has 0 saturated carbocycles. The molecule has 0 aromatic heterocycles. The predicted molar refractivity (Wildman–Crippen MR) is 132 cm³/mol. The third kappa shape index (κ3) is 5.43. The van der Waals surface area contributed by atoms with E-state index >= 15 is 0 Å². The van der Waals surface area contributed by atoms with Crippen molar-refractivity contribution in [2.24, 2.45) is 0 Å². The highest BCUT2D eigenvalue weighted by atomic mass is 32.2. The van der Waals surface area contributed by atoms with Crippen LogP contribution in [-0.4, -0.2) is 24.7 Å². The van der Waals surface area contributed by atoms with Crippen LogP contribution < -0.4 is 15.9 Å². The molecule has 32 heavy (non-hydrogen) atoms. The summed E-state index contributed by atoms with van der Waals surface area (Å²) in [4.78, 5) is -0.411. The molecule has 1 N–H and O–H groups in total. The average molecular weight is 465 g/mol. The van der Waals surface area contributed by atoms with E-state index in [4.69, 9.17) is 5.11 Å². The van der Waals surface area contributed by atoms with E-state index in [9.17, 15) is 13.0 Å². The first-order valence-corrected chi connectivity index (χ1v) is 13.7. The van der Waals surface area contributed by atoms with Crippen molar-refractivity contribution in [3.8, 4) is 5.75 Å². The van der Waals surface area contributed by atoms with Crippen molar-refractivity contribution in [3.63, 3.8) is 0 Å². The van der Waals surface area contributed by atoms with Crippen molar-refractivity contribution < 1.29 is 18.1 Å². The molecular weight excluding hydrogens is 439 g/mol. The zero-order valence-electron chi connectivity index (χ0n) is 17.9. The first-order chi connectivity index (χ1) is 15.2. The summed E-state index contributed by atoms with van der Waals surface area (Å²) in [6.45, 7) is 4.02. The standard InChI is InChI=1S/C19H18P.C7H8O4S/c1-20(17-11-5-2-6-12-17,18-13-7-3-8-14-18)19-15-9-4-10-16-19;1-5-2-3-6(4-7(5)8)12(9,10)11/h2-16H,1H3;2-4,8H,1H3,(H,9,10,11)/q+1;/p-1. The van der Waals surface area contributed by atoms with Gasteiger partial charge in [-0.25, -0.2) is 8.42 Å². The fourth-order valence-electron chi connectivity index (χ4n) is 3.37. The van der Waals surface area contributed by atoms with E-state index in [-0.39, 0.29) is 5.75 Å². The lowest BCUT2D eigenvalue weighted by Crippen LogP contribution is -2.30. The van der Waals surface area contributed by atoms with E-state index in [2.05, 4.69) is 97.7 Å². The van der Waals surface area contributed by atoms with E-state index in [1.54, 1.807) is 6.92 Å². The molecule has 0 amide bonds. The highest BCUT2D eigenvalue weighted by Crippen LogP contribution is 2.51. The van der Waals surface area contributed by atoms with Gasteiger partial charge >= 0.3 is 0 Å². The summed E-state index contributed by atoms with van der Waals surface area (Å²) in [7, 11) is -5.98. The van der Waals surface area contributed by atoms with Crippen LogP contribution in [0.4, 0.5) is 0 Å². The van der Waals surface area contributed by atoms with Crippen LogP contribution in [0.25, 0.3) is 0 Å². The van der Waals surface area contributed by atoms with E-state index in [1.165, 1.54) is 22.0 Å². The van der Waals surface area contributed by atoms with Crippen molar-refractivity contribution >= 4 is 33.3 Å². The number of hydrogen-bond donors (Lipinski definition) is 1. The van der Waals surface area contributed by atoms with Gasteiger partial charge in [0.15, 0.2) is 0 Å². The van der Waals surface area contributed by atoms with Gasteiger partial charge in [0.05, 0.1) is 11.6 Å². The first kappa shape index (κ1) is 23.7. The van der Waals surface area contributed by atoms with Gasteiger partial charge in [-0.2, -0.15) is 0 Å². The van der Waals surface area contributed by atoms with Crippen LogP contribution in [0, 0.1) is 6.92 Å². The van der Waals surface area contributed by atoms with Crippen LogP contribution in [0.3, 0.4) is 0 Å². The summed E-state index contributed by atoms with van der Waals surface area (Å²) < 4.78 is 31.3. The molecule has 0 spiro atoms. The van der Waals surface area contributed by atoms with Gasteiger partial charge in [0, 0.05) is 0 Å². The number of benzene rings is 4. The topological polar surface area (TPSA) is 77.4 Å². The third-order valence-electron chi connectivity index (χ3n) is 5.29. The van der Waals surface area contributed by atoms with Gasteiger partial charge in [-0.3, -0.25) is 0 Å². The monoisotopic (exact) mass is 464 g/mol. The molecule has 164 valence electrons. The zero-order chi connectivity index (χ0) is 23.2. The Balaban J connectivity index is 0.000000207. The molecule has 0 bridgehead atoms. The fourth-order valence-corrected chi connectivity index (χ4v) is 7.06. The van der Waals surface area contributed by atoms with Gasteiger partial charge in [0.2, 0.25) is 0 Å². The third-order valence-corrected chi connectivity index (χ3v) is 10.1. The van der Waals surface area contributed by atoms with E-state index in [1.807, 2.05) is 0 Å². The Labute approximate surface area is 190 Å². The molecule has 0 fully saturated rings. The largest absolute Gasteiger partial charge is 0.744 e. The number of hydrogen-bond acceptors (Lipinski definition) is 4. The maximum atomic E-state index is 10.4. The fraction of sp³-hybridized carbons (Fsp3) is 0.0769. The molecule has 0 heterocycles. The van der Waals surface area contributed by atoms with E-state index in [0.29, 0.717) is 5.56 Å². The minimum atomic E-state index is -4.45. The highest BCUT2D eigenvalue weighted by Gasteiger charge is 2.39. The normalized spacial score (nSPS) is 11.3. The maximum absolute atomic E-state index is 10.4. The Kier molecular flexibility index (Phi) is 7.47. The van der Waals surface area contributed by atoms with Gasteiger partial charge < -0.3 is 9.66 Å². The van der Waals surface area contributed by atoms with Crippen molar-refractivity contribution in [1.29, 1.82) is 0 Å². The molecule has 4 nitrogen and oxygen atoms in total. The molecule has 4 rings (SSSR count). The Morgan fingerprint density at radius 2 is 1.06 bits per heavy atom. The van der Waals surface area contributed by atoms with E-state index < -0.39 is 22.3 Å². The number of aromatic hydroxyl groups is 1. The number of phenols is 1. The summed E-state index contributed by atoms with van der Waals surface area (Å²) in [5, 5.41) is 13.3. The lowest BCUT2D eigenvalue weighted by atomic mass is 10.2. The van der Waals surface area contributed by atoms with Gasteiger partial charge in [0.25, 0.3) is 0 Å². The number of aryl methyl sites for hydroxylation is 1. The quantitative estimate of drug-likeness (QED) is 0.363. The molecule has 0 atom stereocenters. The Morgan fingerprint density at radius 1 is 0.688 bits per heavy atom. The van der Waals surface area contributed by atoms with Gasteiger partial charge in [0.1, 0.15) is 39.0 Å².